The van der Waals surface area contributed by atoms with Crippen molar-refractivity contribution in [2.24, 2.45) is 5.92 Å². The Labute approximate surface area is 96.9 Å². The first-order chi connectivity index (χ1) is 7.69. The largest absolute Gasteiger partial charge is 0.508 e. The van der Waals surface area contributed by atoms with Crippen LogP contribution in [-0.2, 0) is 6.54 Å². The summed E-state index contributed by atoms with van der Waals surface area (Å²) in [5.74, 6) is 1.23. The summed E-state index contributed by atoms with van der Waals surface area (Å²) in [6.07, 6.45) is 2.72. The first kappa shape index (κ1) is 11.3. The zero-order chi connectivity index (χ0) is 11.5. The van der Waals surface area contributed by atoms with Crippen LogP contribution in [0.1, 0.15) is 25.3 Å². The van der Waals surface area contributed by atoms with Crippen LogP contribution in [0.4, 0.5) is 5.69 Å². The van der Waals surface area contributed by atoms with Crippen molar-refractivity contribution < 1.29 is 5.11 Å². The van der Waals surface area contributed by atoms with Crippen LogP contribution in [0.2, 0.25) is 0 Å². The second kappa shape index (κ2) is 4.74. The number of phenolic OH excluding ortho intramolecular Hbond substituents is 1. The second-order valence-corrected chi connectivity index (χ2v) is 4.66. The quantitative estimate of drug-likeness (QED) is 0.591. The summed E-state index contributed by atoms with van der Waals surface area (Å²) in [6, 6.07) is 5.27. The summed E-state index contributed by atoms with van der Waals surface area (Å²) in [5.41, 5.74) is 7.38. The number of nitrogen functional groups attached to an aromatic ring is 1. The molecule has 0 bridgehead atoms. The minimum absolute atomic E-state index is 0.350. The van der Waals surface area contributed by atoms with Crippen LogP contribution >= 0.6 is 0 Å². The van der Waals surface area contributed by atoms with E-state index in [1.807, 2.05) is 6.07 Å². The highest BCUT2D eigenvalue weighted by Crippen LogP contribution is 2.30. The van der Waals surface area contributed by atoms with Crippen molar-refractivity contribution in [2.75, 3.05) is 18.8 Å². The third-order valence-electron chi connectivity index (χ3n) is 3.16. The summed E-state index contributed by atoms with van der Waals surface area (Å²) in [6.45, 7) is 5.12. The lowest BCUT2D eigenvalue weighted by Gasteiger charge is -2.20. The van der Waals surface area contributed by atoms with Crippen LogP contribution in [0, 0.1) is 5.92 Å². The Morgan fingerprint density at radius 3 is 2.81 bits per heavy atom. The summed E-state index contributed by atoms with van der Waals surface area (Å²) >= 11 is 0. The van der Waals surface area contributed by atoms with E-state index in [9.17, 15) is 5.11 Å². The highest BCUT2D eigenvalue weighted by atomic mass is 16.3. The van der Waals surface area contributed by atoms with Gasteiger partial charge in [-0.1, -0.05) is 6.92 Å². The molecule has 1 aromatic carbocycles. The molecule has 2 rings (SSSR count). The average Bonchev–Trinajstić information content (AvgIpc) is 3.06. The Bertz CT molecular complexity index is 361. The Morgan fingerprint density at radius 2 is 2.19 bits per heavy atom. The van der Waals surface area contributed by atoms with Crippen LogP contribution in [0.25, 0.3) is 0 Å². The van der Waals surface area contributed by atoms with E-state index in [0.29, 0.717) is 5.75 Å². The highest BCUT2D eigenvalue weighted by molar-refractivity contribution is 5.47. The molecule has 16 heavy (non-hydrogen) atoms. The van der Waals surface area contributed by atoms with Gasteiger partial charge in [-0.2, -0.15) is 0 Å². The van der Waals surface area contributed by atoms with Crippen molar-refractivity contribution in [3.8, 4) is 5.75 Å². The third kappa shape index (κ3) is 2.89. The van der Waals surface area contributed by atoms with E-state index >= 15 is 0 Å². The fourth-order valence-corrected chi connectivity index (χ4v) is 1.94. The standard InChI is InChI=1S/C13H20N2O/c1-2-15(8-10-3-4-10)9-11-7-12(14)5-6-13(11)16/h5-7,10,16H,2-4,8-9,14H2,1H3. The molecule has 3 N–H and O–H groups in total. The van der Waals surface area contributed by atoms with Gasteiger partial charge in [0.1, 0.15) is 5.75 Å². The lowest BCUT2D eigenvalue weighted by molar-refractivity contribution is 0.264. The number of phenols is 1. The van der Waals surface area contributed by atoms with Gasteiger partial charge in [0.2, 0.25) is 0 Å². The molecule has 0 amide bonds. The zero-order valence-electron chi connectivity index (χ0n) is 9.82. The van der Waals surface area contributed by atoms with Crippen molar-refractivity contribution >= 4 is 5.69 Å². The van der Waals surface area contributed by atoms with Crippen LogP contribution < -0.4 is 5.73 Å². The lowest BCUT2D eigenvalue weighted by Crippen LogP contribution is -2.25. The van der Waals surface area contributed by atoms with E-state index in [1.165, 1.54) is 12.8 Å². The van der Waals surface area contributed by atoms with E-state index in [4.69, 9.17) is 5.73 Å². The van der Waals surface area contributed by atoms with Gasteiger partial charge in [-0.05, 0) is 43.5 Å². The molecular formula is C13H20N2O. The number of aromatic hydroxyl groups is 1. The molecule has 3 nitrogen and oxygen atoms in total. The van der Waals surface area contributed by atoms with Crippen molar-refractivity contribution in [3.05, 3.63) is 23.8 Å². The summed E-state index contributed by atoms with van der Waals surface area (Å²) in [5, 5.41) is 9.75. The highest BCUT2D eigenvalue weighted by Gasteiger charge is 2.23. The van der Waals surface area contributed by atoms with Crippen molar-refractivity contribution in [2.45, 2.75) is 26.3 Å². The first-order valence-electron chi connectivity index (χ1n) is 5.98. The fourth-order valence-electron chi connectivity index (χ4n) is 1.94. The van der Waals surface area contributed by atoms with Gasteiger partial charge < -0.3 is 10.8 Å². The normalized spacial score (nSPS) is 15.6. The van der Waals surface area contributed by atoms with Crippen LogP contribution in [0.5, 0.6) is 5.75 Å². The van der Waals surface area contributed by atoms with Crippen molar-refractivity contribution in [3.63, 3.8) is 0 Å². The molecule has 1 aromatic rings. The van der Waals surface area contributed by atoms with Gasteiger partial charge in [0.05, 0.1) is 0 Å². The minimum atomic E-state index is 0.350. The maximum atomic E-state index is 9.75. The summed E-state index contributed by atoms with van der Waals surface area (Å²) in [4.78, 5) is 2.37. The van der Waals surface area contributed by atoms with Gasteiger partial charge in [-0.15, -0.1) is 0 Å². The molecule has 0 radical (unpaired) electrons. The average molecular weight is 220 g/mol. The predicted octanol–water partition coefficient (Wildman–Crippen LogP) is 2.21. The fraction of sp³-hybridized carbons (Fsp3) is 0.538. The smallest absolute Gasteiger partial charge is 0.120 e. The molecule has 1 saturated carbocycles. The Hall–Kier alpha value is -1.22. The van der Waals surface area contributed by atoms with Crippen molar-refractivity contribution in [1.29, 1.82) is 0 Å². The zero-order valence-corrected chi connectivity index (χ0v) is 9.82. The number of anilines is 1. The van der Waals surface area contributed by atoms with Crippen LogP contribution in [-0.4, -0.2) is 23.1 Å². The van der Waals surface area contributed by atoms with E-state index in [-0.39, 0.29) is 0 Å². The van der Waals surface area contributed by atoms with Gasteiger partial charge in [-0.25, -0.2) is 0 Å². The van der Waals surface area contributed by atoms with E-state index < -0.39 is 0 Å². The SMILES string of the molecule is CCN(Cc1cc(N)ccc1O)CC1CC1. The molecular weight excluding hydrogens is 200 g/mol. The number of hydrogen-bond donors (Lipinski definition) is 2. The minimum Gasteiger partial charge on any atom is -0.508 e. The number of rotatable bonds is 5. The number of benzene rings is 1. The number of nitrogens with two attached hydrogens (primary N) is 1. The van der Waals surface area contributed by atoms with Crippen molar-refractivity contribution in [1.82, 2.24) is 4.90 Å². The van der Waals surface area contributed by atoms with Crippen LogP contribution in [0.15, 0.2) is 18.2 Å². The monoisotopic (exact) mass is 220 g/mol. The maximum Gasteiger partial charge on any atom is 0.120 e. The molecule has 0 atom stereocenters. The predicted molar refractivity (Wildman–Crippen MR) is 66.2 cm³/mol. The lowest BCUT2D eigenvalue weighted by atomic mass is 10.1. The van der Waals surface area contributed by atoms with Gasteiger partial charge >= 0.3 is 0 Å². The molecule has 0 heterocycles. The Kier molecular flexibility index (Phi) is 3.34. The number of nitrogens with zero attached hydrogens (tertiary/aromatic N) is 1. The van der Waals surface area contributed by atoms with Gasteiger partial charge in [0.15, 0.2) is 0 Å². The van der Waals surface area contributed by atoms with Gasteiger partial charge in [0, 0.05) is 24.3 Å². The topological polar surface area (TPSA) is 49.5 Å². The van der Waals surface area contributed by atoms with E-state index in [1.54, 1.807) is 12.1 Å². The van der Waals surface area contributed by atoms with E-state index in [0.717, 1.165) is 36.8 Å². The molecule has 0 aliphatic heterocycles. The summed E-state index contributed by atoms with van der Waals surface area (Å²) in [7, 11) is 0. The Morgan fingerprint density at radius 1 is 1.44 bits per heavy atom. The molecule has 0 aromatic heterocycles. The molecule has 1 aliphatic carbocycles. The third-order valence-corrected chi connectivity index (χ3v) is 3.16. The number of hydrogen-bond acceptors (Lipinski definition) is 3. The molecule has 88 valence electrons. The molecule has 0 spiro atoms. The Balaban J connectivity index is 2.01. The van der Waals surface area contributed by atoms with Crippen LogP contribution in [0.3, 0.4) is 0 Å². The summed E-state index contributed by atoms with van der Waals surface area (Å²) < 4.78 is 0. The van der Waals surface area contributed by atoms with E-state index in [2.05, 4.69) is 11.8 Å². The molecule has 1 fully saturated rings. The first-order valence-corrected chi connectivity index (χ1v) is 5.98. The molecule has 3 heteroatoms. The molecule has 1 aliphatic rings. The maximum absolute atomic E-state index is 9.75. The van der Waals surface area contributed by atoms with Gasteiger partial charge in [0.25, 0.3) is 0 Å². The molecule has 0 unspecified atom stereocenters. The molecule has 0 saturated heterocycles. The second-order valence-electron chi connectivity index (χ2n) is 4.66. The van der Waals surface area contributed by atoms with Gasteiger partial charge in [-0.3, -0.25) is 4.90 Å².